The highest BCUT2D eigenvalue weighted by Crippen LogP contribution is 2.28. The first-order chi connectivity index (χ1) is 12.3. The van der Waals surface area contributed by atoms with Gasteiger partial charge in [0.2, 0.25) is 5.91 Å². The minimum Gasteiger partial charge on any atom is -0.548 e. The molecule has 8 heteroatoms. The van der Waals surface area contributed by atoms with Crippen molar-refractivity contribution in [1.29, 1.82) is 0 Å². The molecule has 1 aliphatic carbocycles. The normalized spacial score (nSPS) is 22.5. The Labute approximate surface area is 160 Å². The van der Waals surface area contributed by atoms with Gasteiger partial charge in [0.25, 0.3) is 5.91 Å². The van der Waals surface area contributed by atoms with E-state index in [2.05, 4.69) is 16.4 Å². The van der Waals surface area contributed by atoms with E-state index in [9.17, 15) is 19.5 Å². The second kappa shape index (κ2) is 11.4. The molecule has 0 radical (unpaired) electrons. The van der Waals surface area contributed by atoms with Gasteiger partial charge in [0, 0.05) is 18.9 Å². The van der Waals surface area contributed by atoms with Crippen LogP contribution in [0.1, 0.15) is 46.0 Å². The third-order valence-electron chi connectivity index (χ3n) is 5.04. The molecule has 7 nitrogen and oxygen atoms in total. The number of amides is 2. The number of aliphatic carboxylic acids is 1. The Kier molecular flexibility index (Phi) is 10.0. The first-order valence-electron chi connectivity index (χ1n) is 9.37. The third-order valence-corrected chi connectivity index (χ3v) is 5.69. The van der Waals surface area contributed by atoms with Gasteiger partial charge in [-0.25, -0.2) is 0 Å². The Morgan fingerprint density at radius 2 is 1.81 bits per heavy atom. The standard InChI is InChI=1S/C18H33N3O4S/c1-11(2)15(18(24)25)21-16(22)13-6-4-12(5-7-13)10-20-17(23)14(19)8-9-26-3/h11-15H,4-10,19H2,1-3H3,(H,20,23)(H,21,22)(H,24,25)/t12?,13?,14-,15+/m0/s1. The Morgan fingerprint density at radius 3 is 2.31 bits per heavy atom. The van der Waals surface area contributed by atoms with Crippen LogP contribution in [-0.4, -0.2) is 48.4 Å². The number of quaternary nitrogens is 1. The summed E-state index contributed by atoms with van der Waals surface area (Å²) in [6.07, 6.45) is 5.91. The smallest absolute Gasteiger partial charge is 0.278 e. The molecule has 0 saturated heterocycles. The summed E-state index contributed by atoms with van der Waals surface area (Å²) in [5.41, 5.74) is 3.90. The highest BCUT2D eigenvalue weighted by Gasteiger charge is 2.29. The fourth-order valence-electron chi connectivity index (χ4n) is 3.18. The minimum atomic E-state index is -1.24. The van der Waals surface area contributed by atoms with E-state index in [1.165, 1.54) is 0 Å². The first-order valence-corrected chi connectivity index (χ1v) is 10.8. The van der Waals surface area contributed by atoms with Gasteiger partial charge in [0.05, 0.1) is 12.0 Å². The molecular formula is C18H33N3O4S. The number of carbonyl (C=O) groups is 3. The monoisotopic (exact) mass is 387 g/mol. The van der Waals surface area contributed by atoms with Crippen molar-refractivity contribution in [3.8, 4) is 0 Å². The molecule has 0 aromatic heterocycles. The van der Waals surface area contributed by atoms with Gasteiger partial charge in [-0.15, -0.1) is 0 Å². The zero-order valence-corrected chi connectivity index (χ0v) is 16.9. The van der Waals surface area contributed by atoms with Gasteiger partial charge in [-0.2, -0.15) is 11.8 Å². The molecule has 0 heterocycles. The third kappa shape index (κ3) is 7.53. The van der Waals surface area contributed by atoms with Gasteiger partial charge in [-0.3, -0.25) is 9.59 Å². The molecule has 0 aliphatic heterocycles. The summed E-state index contributed by atoms with van der Waals surface area (Å²) in [5.74, 6) is -0.544. The van der Waals surface area contributed by atoms with Crippen LogP contribution in [-0.2, 0) is 14.4 Å². The zero-order valence-electron chi connectivity index (χ0n) is 16.1. The fraction of sp³-hybridized carbons (Fsp3) is 0.833. The average molecular weight is 388 g/mol. The number of hydrogen-bond donors (Lipinski definition) is 3. The Balaban J connectivity index is 2.34. The van der Waals surface area contributed by atoms with Gasteiger partial charge in [0.1, 0.15) is 0 Å². The molecule has 150 valence electrons. The lowest BCUT2D eigenvalue weighted by Crippen LogP contribution is -2.67. The SMILES string of the molecule is CSCC[C@H]([NH3+])C(=O)NCC1CCC(C(=O)N[C@@H](C(=O)[O-])C(C)C)CC1. The van der Waals surface area contributed by atoms with Crippen molar-refractivity contribution in [3.05, 3.63) is 0 Å². The maximum absolute atomic E-state index is 12.3. The largest absolute Gasteiger partial charge is 0.548 e. The van der Waals surface area contributed by atoms with Crippen LogP contribution in [0.5, 0.6) is 0 Å². The van der Waals surface area contributed by atoms with E-state index in [0.29, 0.717) is 25.3 Å². The molecule has 0 bridgehead atoms. The van der Waals surface area contributed by atoms with Crippen molar-refractivity contribution >= 4 is 29.5 Å². The number of carbonyl (C=O) groups excluding carboxylic acids is 3. The molecule has 1 rings (SSSR count). The van der Waals surface area contributed by atoms with Crippen LogP contribution in [0.2, 0.25) is 0 Å². The zero-order chi connectivity index (χ0) is 19.7. The van der Waals surface area contributed by atoms with Gasteiger partial charge < -0.3 is 26.3 Å². The number of carboxylic acid groups (broad SMARTS) is 1. The van der Waals surface area contributed by atoms with E-state index in [-0.39, 0.29) is 29.7 Å². The van der Waals surface area contributed by atoms with E-state index in [0.717, 1.165) is 25.0 Å². The number of rotatable bonds is 10. The van der Waals surface area contributed by atoms with Gasteiger partial charge >= 0.3 is 0 Å². The Hall–Kier alpha value is -1.28. The fourth-order valence-corrected chi connectivity index (χ4v) is 3.70. The second-order valence-corrected chi connectivity index (χ2v) is 8.48. The van der Waals surface area contributed by atoms with E-state index in [4.69, 9.17) is 0 Å². The number of thioether (sulfide) groups is 1. The van der Waals surface area contributed by atoms with Crippen LogP contribution in [0, 0.1) is 17.8 Å². The van der Waals surface area contributed by atoms with E-state index in [1.54, 1.807) is 25.6 Å². The van der Waals surface area contributed by atoms with Gasteiger partial charge in [-0.1, -0.05) is 13.8 Å². The predicted molar refractivity (Wildman–Crippen MR) is 99.9 cm³/mol. The topological polar surface area (TPSA) is 126 Å². The lowest BCUT2D eigenvalue weighted by Gasteiger charge is -2.30. The van der Waals surface area contributed by atoms with Crippen LogP contribution < -0.4 is 21.5 Å². The van der Waals surface area contributed by atoms with Crippen LogP contribution in [0.4, 0.5) is 0 Å². The average Bonchev–Trinajstić information content (AvgIpc) is 2.61. The summed E-state index contributed by atoms with van der Waals surface area (Å²) in [6.45, 7) is 4.11. The Bertz CT molecular complexity index is 479. The molecule has 0 aromatic carbocycles. The first kappa shape index (κ1) is 22.8. The molecule has 1 saturated carbocycles. The molecule has 2 amide bonds. The maximum Gasteiger partial charge on any atom is 0.278 e. The summed E-state index contributed by atoms with van der Waals surface area (Å²) in [7, 11) is 0. The highest BCUT2D eigenvalue weighted by molar-refractivity contribution is 7.98. The summed E-state index contributed by atoms with van der Waals surface area (Å²) < 4.78 is 0. The van der Waals surface area contributed by atoms with Gasteiger partial charge in [0.15, 0.2) is 6.04 Å². The molecular weight excluding hydrogens is 354 g/mol. The van der Waals surface area contributed by atoms with Crippen molar-refractivity contribution in [2.24, 2.45) is 17.8 Å². The van der Waals surface area contributed by atoms with Crippen molar-refractivity contribution in [3.63, 3.8) is 0 Å². The molecule has 2 atom stereocenters. The lowest BCUT2D eigenvalue weighted by atomic mass is 9.81. The van der Waals surface area contributed by atoms with Gasteiger partial charge in [-0.05, 0) is 49.5 Å². The molecule has 1 aliphatic rings. The molecule has 0 unspecified atom stereocenters. The second-order valence-electron chi connectivity index (χ2n) is 7.49. The quantitative estimate of drug-likeness (QED) is 0.451. The van der Waals surface area contributed by atoms with Crippen molar-refractivity contribution in [2.75, 3.05) is 18.6 Å². The van der Waals surface area contributed by atoms with E-state index >= 15 is 0 Å². The van der Waals surface area contributed by atoms with Crippen LogP contribution in [0.3, 0.4) is 0 Å². The number of carboxylic acids is 1. The summed E-state index contributed by atoms with van der Waals surface area (Å²) in [6, 6.07) is -1.17. The van der Waals surface area contributed by atoms with Crippen molar-refractivity contribution in [1.82, 2.24) is 10.6 Å². The maximum atomic E-state index is 12.3. The molecule has 26 heavy (non-hydrogen) atoms. The summed E-state index contributed by atoms with van der Waals surface area (Å²) in [4.78, 5) is 35.4. The molecule has 5 N–H and O–H groups in total. The highest BCUT2D eigenvalue weighted by atomic mass is 32.2. The van der Waals surface area contributed by atoms with Crippen LogP contribution in [0.15, 0.2) is 0 Å². The van der Waals surface area contributed by atoms with E-state index in [1.807, 2.05) is 6.26 Å². The lowest BCUT2D eigenvalue weighted by molar-refractivity contribution is -0.403. The number of hydrogen-bond acceptors (Lipinski definition) is 5. The molecule has 1 fully saturated rings. The van der Waals surface area contributed by atoms with E-state index < -0.39 is 12.0 Å². The predicted octanol–water partition coefficient (Wildman–Crippen LogP) is -0.837. The van der Waals surface area contributed by atoms with Crippen LogP contribution in [0.25, 0.3) is 0 Å². The van der Waals surface area contributed by atoms with Crippen molar-refractivity contribution < 1.29 is 25.2 Å². The molecule has 0 aromatic rings. The van der Waals surface area contributed by atoms with Crippen molar-refractivity contribution in [2.45, 2.75) is 58.0 Å². The summed E-state index contributed by atoms with van der Waals surface area (Å²) in [5, 5.41) is 16.7. The summed E-state index contributed by atoms with van der Waals surface area (Å²) >= 11 is 1.71. The minimum absolute atomic E-state index is 0.00681. The Morgan fingerprint density at radius 1 is 1.19 bits per heavy atom. The number of nitrogens with one attached hydrogen (secondary N) is 2. The molecule has 0 spiro atoms. The van der Waals surface area contributed by atoms with Crippen LogP contribution >= 0.6 is 11.8 Å².